The molecule has 5 nitrogen and oxygen atoms in total. The van der Waals surface area contributed by atoms with Gasteiger partial charge >= 0.3 is 5.97 Å². The van der Waals surface area contributed by atoms with Crippen molar-refractivity contribution in [2.75, 3.05) is 27.2 Å². The summed E-state index contributed by atoms with van der Waals surface area (Å²) in [6.45, 7) is 6.89. The van der Waals surface area contributed by atoms with Gasteiger partial charge in [-0.25, -0.2) is 4.79 Å². The van der Waals surface area contributed by atoms with Crippen molar-refractivity contribution in [1.29, 1.82) is 0 Å². The number of benzene rings is 1. The Hall–Kier alpha value is -1.88. The average molecular weight is 267 g/mol. The molecule has 1 N–H and O–H groups in total. The molecule has 106 valence electrons. The van der Waals surface area contributed by atoms with Crippen molar-refractivity contribution in [3.05, 3.63) is 35.4 Å². The third-order valence-corrected chi connectivity index (χ3v) is 3.09. The number of nitrogens with zero attached hydrogens (tertiary/aromatic N) is 1. The zero-order valence-electron chi connectivity index (χ0n) is 11.8. The number of hydrogen-bond donors (Lipinski definition) is 1. The number of carboxylic acids is 2. The molecule has 19 heavy (non-hydrogen) atoms. The highest BCUT2D eigenvalue weighted by Gasteiger charge is 2.08. The second-order valence-electron chi connectivity index (χ2n) is 4.71. The number of hydrogen-bond acceptors (Lipinski definition) is 3. The highest BCUT2D eigenvalue weighted by molar-refractivity contribution is 6.00. The minimum absolute atomic E-state index is 0.252. The topological polar surface area (TPSA) is 77.4 Å². The highest BCUT2D eigenvalue weighted by atomic mass is 16.4. The first-order valence-corrected chi connectivity index (χ1v) is 6.10. The lowest BCUT2D eigenvalue weighted by Gasteiger charge is -2.25. The van der Waals surface area contributed by atoms with Gasteiger partial charge in [-0.2, -0.15) is 0 Å². The molecule has 0 amide bonds. The Morgan fingerprint density at radius 1 is 1.11 bits per heavy atom. The maximum atomic E-state index is 10.4. The standard InChI is InChI=1S/C8H6O4.C6H16N/c9-7(10)5-3-1-2-4-6(5)8(11)12;1-5-7(3,4)6-2/h1-4H,(H,9,10)(H,11,12);5-6H2,1-4H3/q;+1/p-1. The van der Waals surface area contributed by atoms with Crippen molar-refractivity contribution >= 4 is 11.9 Å². The Kier molecular flexibility index (Phi) is 6.79. The Morgan fingerprint density at radius 3 is 1.74 bits per heavy atom. The first kappa shape index (κ1) is 17.1. The van der Waals surface area contributed by atoms with Crippen LogP contribution < -0.4 is 5.11 Å². The summed E-state index contributed by atoms with van der Waals surface area (Å²) in [7, 11) is 4.47. The van der Waals surface area contributed by atoms with E-state index in [0.717, 1.165) is 4.48 Å². The van der Waals surface area contributed by atoms with Gasteiger partial charge in [0.25, 0.3) is 0 Å². The van der Waals surface area contributed by atoms with E-state index in [-0.39, 0.29) is 11.1 Å². The molecule has 0 heterocycles. The summed E-state index contributed by atoms with van der Waals surface area (Å²) in [6, 6.07) is 5.31. The molecule has 0 spiro atoms. The van der Waals surface area contributed by atoms with Crippen LogP contribution in [0.4, 0.5) is 0 Å². The van der Waals surface area contributed by atoms with E-state index in [4.69, 9.17) is 5.11 Å². The smallest absolute Gasteiger partial charge is 0.336 e. The van der Waals surface area contributed by atoms with Gasteiger partial charge in [-0.3, -0.25) is 0 Å². The van der Waals surface area contributed by atoms with E-state index < -0.39 is 11.9 Å². The van der Waals surface area contributed by atoms with E-state index >= 15 is 0 Å². The molecule has 0 atom stereocenters. The molecule has 0 saturated carbocycles. The van der Waals surface area contributed by atoms with E-state index in [0.29, 0.717) is 0 Å². The van der Waals surface area contributed by atoms with E-state index in [1.165, 1.54) is 37.4 Å². The average Bonchev–Trinajstić information content (AvgIpc) is 2.39. The van der Waals surface area contributed by atoms with Gasteiger partial charge < -0.3 is 19.5 Å². The molecule has 0 aliphatic heterocycles. The molecule has 1 rings (SSSR count). The quantitative estimate of drug-likeness (QED) is 0.820. The van der Waals surface area contributed by atoms with Gasteiger partial charge in [0.1, 0.15) is 0 Å². The first-order valence-electron chi connectivity index (χ1n) is 6.10. The van der Waals surface area contributed by atoms with E-state index in [1.54, 1.807) is 0 Å². The maximum Gasteiger partial charge on any atom is 0.336 e. The zero-order valence-corrected chi connectivity index (χ0v) is 11.8. The summed E-state index contributed by atoms with van der Waals surface area (Å²) in [6.07, 6.45) is 0. The zero-order chi connectivity index (χ0) is 15.1. The second-order valence-corrected chi connectivity index (χ2v) is 4.71. The van der Waals surface area contributed by atoms with E-state index in [1.807, 2.05) is 0 Å². The van der Waals surface area contributed by atoms with Gasteiger partial charge in [0.2, 0.25) is 0 Å². The predicted molar refractivity (Wildman–Crippen MR) is 70.9 cm³/mol. The Balaban J connectivity index is 0.000000399. The van der Waals surface area contributed by atoms with Gasteiger partial charge in [0.05, 0.1) is 38.7 Å². The molecule has 0 unspecified atom stereocenters. The van der Waals surface area contributed by atoms with Gasteiger partial charge in [0.15, 0.2) is 0 Å². The van der Waals surface area contributed by atoms with Crippen LogP contribution in [0.1, 0.15) is 34.6 Å². The lowest BCUT2D eigenvalue weighted by atomic mass is 10.1. The summed E-state index contributed by atoms with van der Waals surface area (Å²) in [5, 5.41) is 18.9. The monoisotopic (exact) mass is 267 g/mol. The molecular weight excluding hydrogens is 246 g/mol. The van der Waals surface area contributed by atoms with Gasteiger partial charge in [0, 0.05) is 5.56 Å². The molecule has 0 radical (unpaired) electrons. The molecule has 1 aromatic rings. The van der Waals surface area contributed by atoms with Crippen LogP contribution in [0.3, 0.4) is 0 Å². The number of carboxylic acid groups (broad SMARTS) is 2. The van der Waals surface area contributed by atoms with Crippen LogP contribution in [0.15, 0.2) is 24.3 Å². The van der Waals surface area contributed by atoms with E-state index in [2.05, 4.69) is 27.9 Å². The van der Waals surface area contributed by atoms with Crippen LogP contribution in [-0.2, 0) is 0 Å². The van der Waals surface area contributed by atoms with Crippen molar-refractivity contribution in [2.24, 2.45) is 0 Å². The highest BCUT2D eigenvalue weighted by Crippen LogP contribution is 2.06. The van der Waals surface area contributed by atoms with Crippen LogP contribution in [0, 0.1) is 0 Å². The molecular formula is C14H21NO4. The summed E-state index contributed by atoms with van der Waals surface area (Å²) < 4.78 is 1.14. The Bertz CT molecular complexity index is 402. The van der Waals surface area contributed by atoms with Gasteiger partial charge in [-0.1, -0.05) is 18.2 Å². The van der Waals surface area contributed by atoms with Crippen molar-refractivity contribution in [2.45, 2.75) is 13.8 Å². The molecule has 0 saturated heterocycles. The summed E-state index contributed by atoms with van der Waals surface area (Å²) >= 11 is 0. The minimum atomic E-state index is -1.48. The minimum Gasteiger partial charge on any atom is -0.545 e. The van der Waals surface area contributed by atoms with Crippen LogP contribution >= 0.6 is 0 Å². The number of aromatic carboxylic acids is 2. The molecule has 5 heteroatoms. The van der Waals surface area contributed by atoms with Crippen LogP contribution in [-0.4, -0.2) is 48.7 Å². The summed E-state index contributed by atoms with van der Waals surface area (Å²) in [4.78, 5) is 20.8. The molecule has 1 aromatic carbocycles. The third-order valence-electron chi connectivity index (χ3n) is 3.09. The molecule has 0 aliphatic rings. The van der Waals surface area contributed by atoms with Crippen molar-refractivity contribution in [1.82, 2.24) is 0 Å². The lowest BCUT2D eigenvalue weighted by Crippen LogP contribution is -2.38. The fourth-order valence-electron chi connectivity index (χ4n) is 1.07. The normalized spacial score (nSPS) is 10.3. The fourth-order valence-corrected chi connectivity index (χ4v) is 1.07. The SMILES string of the molecule is CC[N+](C)(C)CC.O=C([O-])c1ccccc1C(=O)O. The predicted octanol–water partition coefficient (Wildman–Crippen LogP) is 0.851. The largest absolute Gasteiger partial charge is 0.545 e. The fraction of sp³-hybridized carbons (Fsp3) is 0.429. The molecule has 0 aromatic heterocycles. The van der Waals surface area contributed by atoms with Crippen molar-refractivity contribution in [3.8, 4) is 0 Å². The number of carbonyl (C=O) groups is 2. The van der Waals surface area contributed by atoms with Gasteiger partial charge in [-0.05, 0) is 19.9 Å². The Morgan fingerprint density at radius 2 is 1.53 bits per heavy atom. The molecule has 0 fully saturated rings. The molecule has 0 bridgehead atoms. The summed E-state index contributed by atoms with van der Waals surface area (Å²) in [5.41, 5.74) is -0.553. The van der Waals surface area contributed by atoms with Crippen LogP contribution in [0.2, 0.25) is 0 Å². The summed E-state index contributed by atoms with van der Waals surface area (Å²) in [5.74, 6) is -2.75. The van der Waals surface area contributed by atoms with Crippen molar-refractivity contribution < 1.29 is 24.3 Å². The van der Waals surface area contributed by atoms with Crippen LogP contribution in [0.25, 0.3) is 0 Å². The first-order chi connectivity index (χ1) is 8.75. The number of quaternary nitrogens is 1. The lowest BCUT2D eigenvalue weighted by molar-refractivity contribution is -0.886. The maximum absolute atomic E-state index is 10.4. The number of carbonyl (C=O) groups excluding carboxylic acids is 1. The van der Waals surface area contributed by atoms with Crippen molar-refractivity contribution in [3.63, 3.8) is 0 Å². The Labute approximate surface area is 113 Å². The second kappa shape index (κ2) is 7.53. The number of rotatable bonds is 4. The van der Waals surface area contributed by atoms with Gasteiger partial charge in [-0.15, -0.1) is 0 Å². The molecule has 0 aliphatic carbocycles. The van der Waals surface area contributed by atoms with Crippen LogP contribution in [0.5, 0.6) is 0 Å². The third kappa shape index (κ3) is 6.01. The van der Waals surface area contributed by atoms with E-state index in [9.17, 15) is 14.7 Å².